The molecule has 3 nitrogen and oxygen atoms in total. The lowest BCUT2D eigenvalue weighted by atomic mass is 9.96. The van der Waals surface area contributed by atoms with E-state index in [0.29, 0.717) is 16.9 Å². The Bertz CT molecular complexity index is 603. The molecule has 0 amide bonds. The second-order valence-corrected chi connectivity index (χ2v) is 8.00. The van der Waals surface area contributed by atoms with Crippen LogP contribution >= 0.6 is 23.2 Å². The van der Waals surface area contributed by atoms with Gasteiger partial charge < -0.3 is 0 Å². The Morgan fingerprint density at radius 3 is 2.58 bits per heavy atom. The number of halogens is 2. The molecule has 2 saturated carbocycles. The summed E-state index contributed by atoms with van der Waals surface area (Å²) in [6, 6.07) is 4.55. The zero-order valence-electron chi connectivity index (χ0n) is 10.3. The second kappa shape index (κ2) is 4.92. The van der Waals surface area contributed by atoms with Gasteiger partial charge in [0, 0.05) is 11.1 Å². The molecule has 0 radical (unpaired) electrons. The van der Waals surface area contributed by atoms with Crippen molar-refractivity contribution in [1.29, 1.82) is 0 Å². The Morgan fingerprint density at radius 1 is 1.16 bits per heavy atom. The number of benzene rings is 1. The van der Waals surface area contributed by atoms with Crippen molar-refractivity contribution >= 4 is 33.2 Å². The predicted octanol–water partition coefficient (Wildman–Crippen LogP) is 3.46. The van der Waals surface area contributed by atoms with E-state index in [0.717, 1.165) is 19.3 Å². The van der Waals surface area contributed by atoms with Gasteiger partial charge in [-0.25, -0.2) is 13.1 Å². The predicted molar refractivity (Wildman–Crippen MR) is 76.0 cm³/mol. The summed E-state index contributed by atoms with van der Waals surface area (Å²) >= 11 is 11.8. The van der Waals surface area contributed by atoms with Crippen molar-refractivity contribution in [2.45, 2.75) is 36.6 Å². The van der Waals surface area contributed by atoms with Gasteiger partial charge in [-0.1, -0.05) is 29.6 Å². The Labute approximate surface area is 123 Å². The first-order chi connectivity index (χ1) is 8.95. The molecule has 2 fully saturated rings. The first kappa shape index (κ1) is 13.7. The summed E-state index contributed by atoms with van der Waals surface area (Å²) in [7, 11) is -3.59. The highest BCUT2D eigenvalue weighted by molar-refractivity contribution is 7.89. The third-order valence-corrected chi connectivity index (χ3v) is 6.43. The molecule has 1 aromatic rings. The minimum Gasteiger partial charge on any atom is -0.208 e. The summed E-state index contributed by atoms with van der Waals surface area (Å²) in [6.07, 6.45) is 4.46. The van der Waals surface area contributed by atoms with Crippen LogP contribution in [0.3, 0.4) is 0 Å². The molecule has 2 aliphatic carbocycles. The van der Waals surface area contributed by atoms with Crippen LogP contribution in [0.1, 0.15) is 25.7 Å². The van der Waals surface area contributed by atoms with Crippen LogP contribution in [-0.4, -0.2) is 14.5 Å². The molecule has 104 valence electrons. The van der Waals surface area contributed by atoms with Crippen LogP contribution in [0.25, 0.3) is 0 Å². The summed E-state index contributed by atoms with van der Waals surface area (Å²) in [5, 5.41) is 0.581. The molecule has 0 saturated heterocycles. The van der Waals surface area contributed by atoms with Gasteiger partial charge in [0.05, 0.1) is 5.02 Å². The Balaban J connectivity index is 1.85. The topological polar surface area (TPSA) is 46.2 Å². The Hall–Kier alpha value is -0.290. The summed E-state index contributed by atoms with van der Waals surface area (Å²) in [5.74, 6) is 1.17. The van der Waals surface area contributed by atoms with Gasteiger partial charge in [-0.3, -0.25) is 0 Å². The molecule has 0 spiro atoms. The molecule has 0 unspecified atom stereocenters. The fourth-order valence-corrected chi connectivity index (χ4v) is 5.42. The zero-order chi connectivity index (χ0) is 13.6. The van der Waals surface area contributed by atoms with Crippen molar-refractivity contribution in [1.82, 2.24) is 4.72 Å². The molecule has 19 heavy (non-hydrogen) atoms. The molecular weight excluding hydrogens is 305 g/mol. The molecule has 0 heterocycles. The molecule has 3 rings (SSSR count). The highest BCUT2D eigenvalue weighted by Crippen LogP contribution is 2.45. The van der Waals surface area contributed by atoms with Crippen LogP contribution in [-0.2, 0) is 10.0 Å². The maximum Gasteiger partial charge on any atom is 0.242 e. The fourth-order valence-electron chi connectivity index (χ4n) is 3.33. The number of hydrogen-bond donors (Lipinski definition) is 1. The summed E-state index contributed by atoms with van der Waals surface area (Å²) in [4.78, 5) is 0.0736. The SMILES string of the molecule is O=S(=O)(N[C@@H]1C[C@@H]2CC[C@@H]1C2)c1cc(Cl)ccc1Cl. The van der Waals surface area contributed by atoms with Crippen molar-refractivity contribution in [2.75, 3.05) is 0 Å². The maximum atomic E-state index is 12.4. The standard InChI is InChI=1S/C13H15Cl2NO2S/c14-10-3-4-11(15)13(7-10)19(17,18)16-12-6-8-1-2-9(12)5-8/h3-4,7-9,12,16H,1-2,5-6H2/t8-,9-,12-/m1/s1. The van der Waals surface area contributed by atoms with E-state index < -0.39 is 10.0 Å². The Kier molecular flexibility index (Phi) is 3.54. The van der Waals surface area contributed by atoms with E-state index in [2.05, 4.69) is 4.72 Å². The molecule has 3 atom stereocenters. The summed E-state index contributed by atoms with van der Waals surface area (Å²) < 4.78 is 27.6. The van der Waals surface area contributed by atoms with Crippen LogP contribution in [0.4, 0.5) is 0 Å². The number of hydrogen-bond acceptors (Lipinski definition) is 2. The van der Waals surface area contributed by atoms with Gasteiger partial charge >= 0.3 is 0 Å². The number of fused-ring (bicyclic) bond motifs is 2. The van der Waals surface area contributed by atoms with Crippen LogP contribution in [0, 0.1) is 11.8 Å². The summed E-state index contributed by atoms with van der Waals surface area (Å²) in [5.41, 5.74) is 0. The second-order valence-electron chi connectivity index (χ2n) is 5.48. The van der Waals surface area contributed by atoms with E-state index in [1.165, 1.54) is 18.6 Å². The smallest absolute Gasteiger partial charge is 0.208 e. The lowest BCUT2D eigenvalue weighted by Crippen LogP contribution is -2.38. The van der Waals surface area contributed by atoms with Crippen molar-refractivity contribution in [2.24, 2.45) is 11.8 Å². The van der Waals surface area contributed by atoms with E-state index in [9.17, 15) is 8.42 Å². The molecule has 2 bridgehead atoms. The summed E-state index contributed by atoms with van der Waals surface area (Å²) in [6.45, 7) is 0. The fraction of sp³-hybridized carbons (Fsp3) is 0.538. The van der Waals surface area contributed by atoms with Crippen molar-refractivity contribution < 1.29 is 8.42 Å². The molecule has 2 aliphatic rings. The van der Waals surface area contributed by atoms with Crippen molar-refractivity contribution in [3.8, 4) is 0 Å². The molecule has 0 aliphatic heterocycles. The van der Waals surface area contributed by atoms with E-state index in [1.807, 2.05) is 0 Å². The quantitative estimate of drug-likeness (QED) is 0.927. The lowest BCUT2D eigenvalue weighted by molar-refractivity contribution is 0.390. The zero-order valence-corrected chi connectivity index (χ0v) is 12.6. The average Bonchev–Trinajstić information content (AvgIpc) is 2.93. The van der Waals surface area contributed by atoms with Gasteiger partial charge in [0.2, 0.25) is 10.0 Å². The first-order valence-corrected chi connectivity index (χ1v) is 8.67. The molecular formula is C13H15Cl2NO2S. The van der Waals surface area contributed by atoms with E-state index in [4.69, 9.17) is 23.2 Å². The highest BCUT2D eigenvalue weighted by atomic mass is 35.5. The monoisotopic (exact) mass is 319 g/mol. The van der Waals surface area contributed by atoms with Gasteiger partial charge in [0.1, 0.15) is 4.90 Å². The normalized spacial score (nSPS) is 29.9. The van der Waals surface area contributed by atoms with Crippen LogP contribution in [0.5, 0.6) is 0 Å². The van der Waals surface area contributed by atoms with Gasteiger partial charge in [-0.15, -0.1) is 0 Å². The van der Waals surface area contributed by atoms with Gasteiger partial charge in [0.15, 0.2) is 0 Å². The number of sulfonamides is 1. The minimum atomic E-state index is -3.59. The van der Waals surface area contributed by atoms with Crippen LogP contribution in [0.15, 0.2) is 23.1 Å². The molecule has 1 N–H and O–H groups in total. The van der Waals surface area contributed by atoms with Gasteiger partial charge in [-0.05, 0) is 49.3 Å². The lowest BCUT2D eigenvalue weighted by Gasteiger charge is -2.23. The largest absolute Gasteiger partial charge is 0.242 e. The van der Waals surface area contributed by atoms with Crippen molar-refractivity contribution in [3.05, 3.63) is 28.2 Å². The Morgan fingerprint density at radius 2 is 1.95 bits per heavy atom. The first-order valence-electron chi connectivity index (χ1n) is 6.43. The molecule has 1 aromatic carbocycles. The third-order valence-electron chi connectivity index (χ3n) is 4.23. The van der Waals surface area contributed by atoms with Crippen molar-refractivity contribution in [3.63, 3.8) is 0 Å². The van der Waals surface area contributed by atoms with E-state index in [1.54, 1.807) is 6.07 Å². The van der Waals surface area contributed by atoms with Gasteiger partial charge in [0.25, 0.3) is 0 Å². The average molecular weight is 320 g/mol. The third kappa shape index (κ3) is 2.64. The highest BCUT2D eigenvalue weighted by Gasteiger charge is 2.41. The number of rotatable bonds is 3. The van der Waals surface area contributed by atoms with Gasteiger partial charge in [-0.2, -0.15) is 0 Å². The molecule has 0 aromatic heterocycles. The van der Waals surface area contributed by atoms with E-state index >= 15 is 0 Å². The van der Waals surface area contributed by atoms with Crippen LogP contribution < -0.4 is 4.72 Å². The van der Waals surface area contributed by atoms with Crippen LogP contribution in [0.2, 0.25) is 10.0 Å². The molecule has 6 heteroatoms. The minimum absolute atomic E-state index is 0.0544. The number of nitrogens with one attached hydrogen (secondary N) is 1. The van der Waals surface area contributed by atoms with E-state index in [-0.39, 0.29) is 16.0 Å². The maximum absolute atomic E-state index is 12.4.